The van der Waals surface area contributed by atoms with Crippen molar-refractivity contribution in [1.29, 1.82) is 5.41 Å². The zero-order valence-corrected chi connectivity index (χ0v) is 12.1. The maximum atomic E-state index is 11.4. The van der Waals surface area contributed by atoms with Crippen molar-refractivity contribution in [3.8, 4) is 0 Å². The van der Waals surface area contributed by atoms with E-state index in [1.165, 1.54) is 25.8 Å². The van der Waals surface area contributed by atoms with Crippen molar-refractivity contribution in [2.75, 3.05) is 12.9 Å². The van der Waals surface area contributed by atoms with E-state index in [0.717, 1.165) is 4.90 Å². The number of aliphatic hydroxyl groups excluding tert-OH is 1. The summed E-state index contributed by atoms with van der Waals surface area (Å²) < 4.78 is 4.54. The number of hydrogen-bond acceptors (Lipinski definition) is 5. The van der Waals surface area contributed by atoms with Crippen LogP contribution in [-0.2, 0) is 9.53 Å². The molecule has 0 amide bonds. The van der Waals surface area contributed by atoms with E-state index in [4.69, 9.17) is 17.0 Å². The fraction of sp³-hybridized carbons (Fsp3) is 0.231. The minimum absolute atomic E-state index is 0.0268. The number of nitrogens with one attached hydrogen (secondary N) is 1. The van der Waals surface area contributed by atoms with Gasteiger partial charge < -0.3 is 15.3 Å². The molecule has 0 aromatic heterocycles. The normalized spacial score (nSPS) is 11.7. The molecule has 0 bridgehead atoms. The first-order valence-electron chi connectivity index (χ1n) is 5.40. The summed E-state index contributed by atoms with van der Waals surface area (Å²) in [6.07, 6.45) is 0. The number of benzene rings is 1. The Bertz CT molecular complexity index is 511. The van der Waals surface area contributed by atoms with Gasteiger partial charge in [-0.1, -0.05) is 11.6 Å². The van der Waals surface area contributed by atoms with Gasteiger partial charge in [0.2, 0.25) is 0 Å². The predicted molar refractivity (Wildman–Crippen MR) is 77.2 cm³/mol. The third-order valence-corrected chi connectivity index (χ3v) is 3.52. The maximum absolute atomic E-state index is 11.4. The predicted octanol–water partition coefficient (Wildman–Crippen LogP) is 3.46. The lowest BCUT2D eigenvalue weighted by Gasteiger charge is -2.07. The van der Waals surface area contributed by atoms with Crippen LogP contribution in [0.15, 0.2) is 40.5 Å². The SMILES string of the molecule is COC(=O)/C(C(C)=N)=C(\O)CSc1ccc(Cl)cc1. The highest BCUT2D eigenvalue weighted by Gasteiger charge is 2.18. The van der Waals surface area contributed by atoms with E-state index in [2.05, 4.69) is 4.74 Å². The number of halogens is 1. The monoisotopic (exact) mass is 299 g/mol. The zero-order chi connectivity index (χ0) is 14.4. The van der Waals surface area contributed by atoms with Crippen LogP contribution < -0.4 is 0 Å². The van der Waals surface area contributed by atoms with Gasteiger partial charge in [0.05, 0.1) is 12.9 Å². The lowest BCUT2D eigenvalue weighted by atomic mass is 10.1. The fourth-order valence-corrected chi connectivity index (χ4v) is 2.25. The molecule has 0 fully saturated rings. The molecule has 2 N–H and O–H groups in total. The number of aliphatic hydroxyl groups is 1. The first kappa shape index (κ1) is 15.6. The van der Waals surface area contributed by atoms with Crippen LogP contribution in [0.2, 0.25) is 5.02 Å². The summed E-state index contributed by atoms with van der Waals surface area (Å²) in [5.41, 5.74) is -0.120. The summed E-state index contributed by atoms with van der Waals surface area (Å²) in [5, 5.41) is 18.0. The molecule has 0 unspecified atom stereocenters. The number of rotatable bonds is 5. The molecule has 1 aromatic rings. The minimum atomic E-state index is -0.707. The Balaban J connectivity index is 2.81. The highest BCUT2D eigenvalue weighted by Crippen LogP contribution is 2.23. The molecule has 6 heteroatoms. The van der Waals surface area contributed by atoms with Gasteiger partial charge in [-0.2, -0.15) is 0 Å². The Hall–Kier alpha value is -1.46. The van der Waals surface area contributed by atoms with Crippen molar-refractivity contribution >= 4 is 35.0 Å². The van der Waals surface area contributed by atoms with Gasteiger partial charge in [-0.05, 0) is 31.2 Å². The topological polar surface area (TPSA) is 70.4 Å². The Morgan fingerprint density at radius 3 is 2.47 bits per heavy atom. The molecule has 0 aliphatic heterocycles. The van der Waals surface area contributed by atoms with E-state index in [9.17, 15) is 9.90 Å². The highest BCUT2D eigenvalue weighted by atomic mass is 35.5. The van der Waals surface area contributed by atoms with Gasteiger partial charge in [-0.3, -0.25) is 0 Å². The van der Waals surface area contributed by atoms with E-state index in [1.54, 1.807) is 12.1 Å². The first-order chi connectivity index (χ1) is 8.95. The fourth-order valence-electron chi connectivity index (χ4n) is 1.34. The van der Waals surface area contributed by atoms with Gasteiger partial charge in [0.1, 0.15) is 11.3 Å². The summed E-state index contributed by atoms with van der Waals surface area (Å²) in [5.74, 6) is -0.691. The molecule has 0 saturated carbocycles. The van der Waals surface area contributed by atoms with E-state index in [-0.39, 0.29) is 22.8 Å². The highest BCUT2D eigenvalue weighted by molar-refractivity contribution is 7.99. The van der Waals surface area contributed by atoms with E-state index < -0.39 is 5.97 Å². The molecule has 0 spiro atoms. The van der Waals surface area contributed by atoms with Crippen LogP contribution in [0.3, 0.4) is 0 Å². The Morgan fingerprint density at radius 1 is 1.42 bits per heavy atom. The summed E-state index contributed by atoms with van der Waals surface area (Å²) in [6, 6.07) is 7.12. The summed E-state index contributed by atoms with van der Waals surface area (Å²) in [7, 11) is 1.21. The van der Waals surface area contributed by atoms with Gasteiger partial charge >= 0.3 is 5.97 Å². The molecule has 0 saturated heterocycles. The number of ether oxygens (including phenoxy) is 1. The van der Waals surface area contributed by atoms with Gasteiger partial charge in [0.25, 0.3) is 0 Å². The number of esters is 1. The second-order valence-corrected chi connectivity index (χ2v) is 5.17. The molecule has 0 heterocycles. The van der Waals surface area contributed by atoms with Crippen molar-refractivity contribution < 1.29 is 14.6 Å². The second kappa shape index (κ2) is 7.21. The average molecular weight is 300 g/mol. The second-order valence-electron chi connectivity index (χ2n) is 3.68. The van der Waals surface area contributed by atoms with Crippen molar-refractivity contribution in [3.63, 3.8) is 0 Å². The molecule has 0 aliphatic carbocycles. The lowest BCUT2D eigenvalue weighted by molar-refractivity contribution is -0.135. The van der Waals surface area contributed by atoms with Crippen molar-refractivity contribution in [3.05, 3.63) is 40.6 Å². The smallest absolute Gasteiger partial charge is 0.343 e. The van der Waals surface area contributed by atoms with Crippen LogP contribution in [0, 0.1) is 5.41 Å². The third-order valence-electron chi connectivity index (χ3n) is 2.24. The number of hydrogen-bond donors (Lipinski definition) is 2. The van der Waals surface area contributed by atoms with Gasteiger partial charge in [0.15, 0.2) is 0 Å². The molecule has 4 nitrogen and oxygen atoms in total. The maximum Gasteiger partial charge on any atom is 0.343 e. The number of methoxy groups -OCH3 is 1. The average Bonchev–Trinajstić information content (AvgIpc) is 2.37. The van der Waals surface area contributed by atoms with Crippen LogP contribution >= 0.6 is 23.4 Å². The Labute approximate surface area is 120 Å². The van der Waals surface area contributed by atoms with Crippen molar-refractivity contribution in [2.24, 2.45) is 0 Å². The summed E-state index contributed by atoms with van der Waals surface area (Å²) >= 11 is 7.11. The zero-order valence-electron chi connectivity index (χ0n) is 10.6. The van der Waals surface area contributed by atoms with Gasteiger partial charge in [0, 0.05) is 15.6 Å². The Morgan fingerprint density at radius 2 is 2.00 bits per heavy atom. The molecular formula is C13H14ClNO3S. The molecule has 1 rings (SSSR count). The van der Waals surface area contributed by atoms with E-state index in [0.29, 0.717) is 5.02 Å². The standard InChI is InChI=1S/C13H14ClNO3S/c1-8(15)12(13(17)18-2)11(16)7-19-10-5-3-9(14)4-6-10/h3-6,15-16H,7H2,1-2H3/b12-11-,15-8?. The van der Waals surface area contributed by atoms with Crippen LogP contribution in [0.1, 0.15) is 6.92 Å². The quantitative estimate of drug-likeness (QED) is 0.287. The molecule has 0 aliphatic rings. The van der Waals surface area contributed by atoms with E-state index >= 15 is 0 Å². The van der Waals surface area contributed by atoms with Crippen LogP contribution in [0.5, 0.6) is 0 Å². The summed E-state index contributed by atoms with van der Waals surface area (Å²) in [4.78, 5) is 12.3. The lowest BCUT2D eigenvalue weighted by Crippen LogP contribution is -2.15. The molecule has 19 heavy (non-hydrogen) atoms. The number of thioether (sulfide) groups is 1. The molecular weight excluding hydrogens is 286 g/mol. The minimum Gasteiger partial charge on any atom is -0.510 e. The first-order valence-corrected chi connectivity index (χ1v) is 6.76. The Kier molecular flexibility index (Phi) is 5.92. The molecule has 1 aromatic carbocycles. The van der Waals surface area contributed by atoms with Gasteiger partial charge in [-0.15, -0.1) is 11.8 Å². The number of carbonyl (C=O) groups excluding carboxylic acids is 1. The number of carbonyl (C=O) groups is 1. The molecule has 0 atom stereocenters. The molecule has 102 valence electrons. The van der Waals surface area contributed by atoms with E-state index in [1.807, 2.05) is 12.1 Å². The van der Waals surface area contributed by atoms with Crippen LogP contribution in [0.25, 0.3) is 0 Å². The molecule has 0 radical (unpaired) electrons. The summed E-state index contributed by atoms with van der Waals surface area (Å²) in [6.45, 7) is 1.43. The largest absolute Gasteiger partial charge is 0.510 e. The third kappa shape index (κ3) is 4.61. The van der Waals surface area contributed by atoms with Crippen LogP contribution in [-0.4, -0.2) is 29.7 Å². The van der Waals surface area contributed by atoms with Crippen molar-refractivity contribution in [2.45, 2.75) is 11.8 Å². The van der Waals surface area contributed by atoms with Crippen molar-refractivity contribution in [1.82, 2.24) is 0 Å². The van der Waals surface area contributed by atoms with Gasteiger partial charge in [-0.25, -0.2) is 4.79 Å². The van der Waals surface area contributed by atoms with Crippen LogP contribution in [0.4, 0.5) is 0 Å².